The molecule has 1 N–H and O–H groups in total. The number of hydrogen-bond donors (Lipinski definition) is 1. The van der Waals surface area contributed by atoms with Crippen molar-refractivity contribution in [3.8, 4) is 0 Å². The van der Waals surface area contributed by atoms with Gasteiger partial charge in [-0.05, 0) is 19.9 Å². The van der Waals surface area contributed by atoms with Gasteiger partial charge in [0, 0.05) is 23.6 Å². The number of rotatable bonds is 3. The van der Waals surface area contributed by atoms with Crippen molar-refractivity contribution in [2.45, 2.75) is 20.4 Å². The minimum atomic E-state index is -0.814. The molecule has 1 aromatic heterocycles. The molecule has 0 amide bonds. The first kappa shape index (κ1) is 12.0. The fraction of sp³-hybridized carbons (Fsp3) is 0.308. The summed E-state index contributed by atoms with van der Waals surface area (Å²) < 4.78 is 1.89. The van der Waals surface area contributed by atoms with Gasteiger partial charge in [0.15, 0.2) is 0 Å². The van der Waals surface area contributed by atoms with Gasteiger partial charge in [-0.2, -0.15) is 0 Å². The molecule has 17 heavy (non-hydrogen) atoms. The van der Waals surface area contributed by atoms with Crippen molar-refractivity contribution in [2.75, 3.05) is 0 Å². The summed E-state index contributed by atoms with van der Waals surface area (Å²) in [4.78, 5) is 11.1. The highest BCUT2D eigenvalue weighted by Crippen LogP contribution is 2.28. The molecule has 90 valence electrons. The highest BCUT2D eigenvalue weighted by Gasteiger charge is 2.28. The molecular weight excluding hydrogens is 238 g/mol. The van der Waals surface area contributed by atoms with Crippen molar-refractivity contribution in [1.29, 1.82) is 0 Å². The van der Waals surface area contributed by atoms with Crippen molar-refractivity contribution in [2.24, 2.45) is 5.41 Å². The van der Waals surface area contributed by atoms with E-state index < -0.39 is 11.4 Å². The third kappa shape index (κ3) is 2.15. The summed E-state index contributed by atoms with van der Waals surface area (Å²) in [6.07, 6.45) is 1.79. The van der Waals surface area contributed by atoms with Gasteiger partial charge in [0.05, 0.1) is 10.4 Å². The summed E-state index contributed by atoms with van der Waals surface area (Å²) >= 11 is 6.12. The zero-order chi connectivity index (χ0) is 12.6. The molecule has 0 unspecified atom stereocenters. The number of fused-ring (bicyclic) bond motifs is 1. The molecule has 3 nitrogen and oxygen atoms in total. The van der Waals surface area contributed by atoms with E-state index in [2.05, 4.69) is 0 Å². The third-order valence-electron chi connectivity index (χ3n) is 2.88. The lowest BCUT2D eigenvalue weighted by Gasteiger charge is -2.20. The van der Waals surface area contributed by atoms with Gasteiger partial charge in [-0.3, -0.25) is 4.79 Å². The number of benzene rings is 1. The SMILES string of the molecule is CC(C)(Cn1cc(Cl)c2ccccc21)C(=O)O. The zero-order valence-corrected chi connectivity index (χ0v) is 10.5. The van der Waals surface area contributed by atoms with E-state index in [9.17, 15) is 4.79 Å². The van der Waals surface area contributed by atoms with Gasteiger partial charge in [0.25, 0.3) is 0 Å². The molecule has 0 radical (unpaired) electrons. The predicted octanol–water partition coefficient (Wildman–Crippen LogP) is 3.41. The summed E-state index contributed by atoms with van der Waals surface area (Å²) in [6.45, 7) is 3.81. The van der Waals surface area contributed by atoms with Crippen LogP contribution < -0.4 is 0 Å². The largest absolute Gasteiger partial charge is 0.481 e. The molecular formula is C13H14ClNO2. The molecule has 0 spiro atoms. The normalized spacial score (nSPS) is 11.9. The Kier molecular flexibility index (Phi) is 2.87. The van der Waals surface area contributed by atoms with Gasteiger partial charge in [-0.1, -0.05) is 29.8 Å². The zero-order valence-electron chi connectivity index (χ0n) is 9.77. The fourth-order valence-corrected chi connectivity index (χ4v) is 2.10. The third-order valence-corrected chi connectivity index (χ3v) is 3.19. The molecule has 0 saturated carbocycles. The van der Waals surface area contributed by atoms with Crippen LogP contribution >= 0.6 is 11.6 Å². The maximum absolute atomic E-state index is 11.1. The number of hydrogen-bond acceptors (Lipinski definition) is 1. The molecule has 0 atom stereocenters. The Hall–Kier alpha value is -1.48. The first-order valence-corrected chi connectivity index (χ1v) is 5.76. The van der Waals surface area contributed by atoms with Crippen LogP contribution in [-0.2, 0) is 11.3 Å². The van der Waals surface area contributed by atoms with E-state index in [1.54, 1.807) is 20.0 Å². The quantitative estimate of drug-likeness (QED) is 0.908. The van der Waals surface area contributed by atoms with E-state index in [0.717, 1.165) is 10.9 Å². The van der Waals surface area contributed by atoms with Crippen LogP contribution in [0.5, 0.6) is 0 Å². The summed E-state index contributed by atoms with van der Waals surface area (Å²) in [5.41, 5.74) is 0.150. The smallest absolute Gasteiger partial charge is 0.310 e. The van der Waals surface area contributed by atoms with Crippen LogP contribution in [-0.4, -0.2) is 15.6 Å². The van der Waals surface area contributed by atoms with Crippen LogP contribution in [0.4, 0.5) is 0 Å². The van der Waals surface area contributed by atoms with Crippen LogP contribution in [0.15, 0.2) is 30.5 Å². The molecule has 1 aromatic carbocycles. The molecule has 0 aliphatic rings. The van der Waals surface area contributed by atoms with Crippen molar-refractivity contribution in [1.82, 2.24) is 4.57 Å². The van der Waals surface area contributed by atoms with Crippen LogP contribution in [0, 0.1) is 5.41 Å². The number of halogens is 1. The van der Waals surface area contributed by atoms with E-state index >= 15 is 0 Å². The minimum absolute atomic E-state index is 0.398. The summed E-state index contributed by atoms with van der Waals surface area (Å²) in [5, 5.41) is 10.7. The van der Waals surface area contributed by atoms with Crippen LogP contribution in [0.1, 0.15) is 13.8 Å². The predicted molar refractivity (Wildman–Crippen MR) is 68.4 cm³/mol. The second-order valence-corrected chi connectivity index (χ2v) is 5.22. The Morgan fingerprint density at radius 1 is 1.41 bits per heavy atom. The van der Waals surface area contributed by atoms with Gasteiger partial charge < -0.3 is 9.67 Å². The van der Waals surface area contributed by atoms with E-state index in [0.29, 0.717) is 11.6 Å². The number of carbonyl (C=O) groups is 1. The Morgan fingerprint density at radius 3 is 2.71 bits per heavy atom. The second-order valence-electron chi connectivity index (χ2n) is 4.81. The number of aliphatic carboxylic acids is 1. The van der Waals surface area contributed by atoms with Gasteiger partial charge >= 0.3 is 5.97 Å². The molecule has 0 aliphatic carbocycles. The van der Waals surface area contributed by atoms with Crippen LogP contribution in [0.3, 0.4) is 0 Å². The molecule has 1 heterocycles. The summed E-state index contributed by atoms with van der Waals surface area (Å²) in [6, 6.07) is 7.71. The molecule has 0 bridgehead atoms. The van der Waals surface area contributed by atoms with Crippen LogP contribution in [0.25, 0.3) is 10.9 Å². The fourth-order valence-electron chi connectivity index (χ4n) is 1.83. The maximum atomic E-state index is 11.1. The first-order chi connectivity index (χ1) is 7.92. The average Bonchev–Trinajstić information content (AvgIpc) is 2.56. The van der Waals surface area contributed by atoms with E-state index in [4.69, 9.17) is 16.7 Å². The van der Waals surface area contributed by atoms with Gasteiger partial charge in [0.2, 0.25) is 0 Å². The second kappa shape index (κ2) is 4.08. The molecule has 4 heteroatoms. The number of nitrogens with zero attached hydrogens (tertiary/aromatic N) is 1. The Morgan fingerprint density at radius 2 is 2.06 bits per heavy atom. The van der Waals surface area contributed by atoms with E-state index in [-0.39, 0.29) is 0 Å². The molecule has 2 aromatic rings. The summed E-state index contributed by atoms with van der Waals surface area (Å²) in [7, 11) is 0. The van der Waals surface area contributed by atoms with Crippen molar-refractivity contribution >= 4 is 28.5 Å². The van der Waals surface area contributed by atoms with Gasteiger partial charge in [0.1, 0.15) is 0 Å². The highest BCUT2D eigenvalue weighted by atomic mass is 35.5. The molecule has 2 rings (SSSR count). The Labute approximate surface area is 105 Å². The van der Waals surface area contributed by atoms with Crippen molar-refractivity contribution in [3.05, 3.63) is 35.5 Å². The van der Waals surface area contributed by atoms with Gasteiger partial charge in [-0.25, -0.2) is 0 Å². The number of para-hydroxylation sites is 1. The maximum Gasteiger partial charge on any atom is 0.310 e. The Bertz CT molecular complexity index is 572. The summed E-state index contributed by atoms with van der Waals surface area (Å²) in [5.74, 6) is -0.814. The topological polar surface area (TPSA) is 42.2 Å². The van der Waals surface area contributed by atoms with Crippen molar-refractivity contribution < 1.29 is 9.90 Å². The van der Waals surface area contributed by atoms with E-state index in [1.807, 2.05) is 28.8 Å². The monoisotopic (exact) mass is 251 g/mol. The number of carboxylic acids is 1. The minimum Gasteiger partial charge on any atom is -0.481 e. The number of aromatic nitrogens is 1. The lowest BCUT2D eigenvalue weighted by Crippen LogP contribution is -2.28. The van der Waals surface area contributed by atoms with Crippen molar-refractivity contribution in [3.63, 3.8) is 0 Å². The highest BCUT2D eigenvalue weighted by molar-refractivity contribution is 6.35. The lowest BCUT2D eigenvalue weighted by atomic mass is 9.94. The standard InChI is InChI=1S/C13H14ClNO2/c1-13(2,12(16)17)8-15-7-10(14)9-5-3-4-6-11(9)15/h3-7H,8H2,1-2H3,(H,16,17). The number of carboxylic acid groups (broad SMARTS) is 1. The average molecular weight is 252 g/mol. The van der Waals surface area contributed by atoms with Crippen LogP contribution in [0.2, 0.25) is 5.02 Å². The first-order valence-electron chi connectivity index (χ1n) is 5.38. The Balaban J connectivity index is 2.47. The molecule has 0 saturated heterocycles. The van der Waals surface area contributed by atoms with E-state index in [1.165, 1.54) is 0 Å². The van der Waals surface area contributed by atoms with Gasteiger partial charge in [-0.15, -0.1) is 0 Å². The molecule has 0 fully saturated rings. The molecule has 0 aliphatic heterocycles. The lowest BCUT2D eigenvalue weighted by molar-refractivity contribution is -0.147.